The minimum atomic E-state index is -0.460. The Hall–Kier alpha value is -1.98. The van der Waals surface area contributed by atoms with E-state index in [-0.39, 0.29) is 11.7 Å². The van der Waals surface area contributed by atoms with Crippen LogP contribution in [-0.4, -0.2) is 35.7 Å². The van der Waals surface area contributed by atoms with Crippen LogP contribution in [0, 0.1) is 0 Å². The van der Waals surface area contributed by atoms with Crippen LogP contribution in [0.1, 0.15) is 36.2 Å². The second-order valence-corrected chi connectivity index (χ2v) is 7.54. The normalized spacial score (nSPS) is 18.8. The summed E-state index contributed by atoms with van der Waals surface area (Å²) in [6, 6.07) is 13.9. The molecule has 0 spiro atoms. The van der Waals surface area contributed by atoms with E-state index in [4.69, 9.17) is 0 Å². The Labute approximate surface area is 152 Å². The van der Waals surface area contributed by atoms with Gasteiger partial charge in [-0.1, -0.05) is 36.4 Å². The number of nitrogens with one attached hydrogen (secondary N) is 1. The van der Waals surface area contributed by atoms with Crippen molar-refractivity contribution in [1.82, 2.24) is 10.2 Å². The van der Waals surface area contributed by atoms with E-state index in [0.717, 1.165) is 24.9 Å². The monoisotopic (exact) mass is 356 g/mol. The molecule has 1 aromatic carbocycles. The first-order valence-corrected chi connectivity index (χ1v) is 9.62. The van der Waals surface area contributed by atoms with Crippen molar-refractivity contribution in [2.45, 2.75) is 38.3 Å². The maximum Gasteiger partial charge on any atom is 0.234 e. The summed E-state index contributed by atoms with van der Waals surface area (Å²) in [7, 11) is 0. The fourth-order valence-electron chi connectivity index (χ4n) is 3.39. The minimum Gasteiger partial charge on any atom is -0.345 e. The van der Waals surface area contributed by atoms with Gasteiger partial charge in [0.1, 0.15) is 0 Å². The maximum atomic E-state index is 12.5. The summed E-state index contributed by atoms with van der Waals surface area (Å²) in [6.07, 6.45) is 2.74. The molecular weight excluding hydrogens is 332 g/mol. The SMILES string of the molecule is CC(=O)C(Cc1ccccc1)NC(=O)CN1CCCC1c1cccs1. The van der Waals surface area contributed by atoms with E-state index in [0.29, 0.717) is 19.0 Å². The Morgan fingerprint density at radius 3 is 2.72 bits per heavy atom. The van der Waals surface area contributed by atoms with Gasteiger partial charge in [-0.15, -0.1) is 11.3 Å². The van der Waals surface area contributed by atoms with Gasteiger partial charge in [0.05, 0.1) is 12.6 Å². The van der Waals surface area contributed by atoms with Crippen LogP contribution in [0.2, 0.25) is 0 Å². The molecule has 0 aliphatic carbocycles. The van der Waals surface area contributed by atoms with Crippen molar-refractivity contribution in [1.29, 1.82) is 0 Å². The standard InChI is InChI=1S/C20H24N2O2S/c1-15(23)17(13-16-7-3-2-4-8-16)21-20(24)14-22-11-5-9-18(22)19-10-6-12-25-19/h2-4,6-8,10,12,17-18H,5,9,11,13-14H2,1H3,(H,21,24). The van der Waals surface area contributed by atoms with Crippen LogP contribution in [0.3, 0.4) is 0 Å². The van der Waals surface area contributed by atoms with Crippen molar-refractivity contribution in [2.24, 2.45) is 0 Å². The summed E-state index contributed by atoms with van der Waals surface area (Å²) in [5.74, 6) is -0.0759. The number of hydrogen-bond donors (Lipinski definition) is 1. The lowest BCUT2D eigenvalue weighted by Crippen LogP contribution is -2.45. The van der Waals surface area contributed by atoms with Crippen molar-refractivity contribution in [3.63, 3.8) is 0 Å². The molecule has 0 saturated carbocycles. The molecule has 2 heterocycles. The first-order valence-electron chi connectivity index (χ1n) is 8.74. The van der Waals surface area contributed by atoms with Gasteiger partial charge in [-0.25, -0.2) is 0 Å². The van der Waals surface area contributed by atoms with E-state index in [2.05, 4.69) is 27.7 Å². The molecule has 25 heavy (non-hydrogen) atoms. The van der Waals surface area contributed by atoms with Crippen LogP contribution in [0.5, 0.6) is 0 Å². The van der Waals surface area contributed by atoms with Crippen molar-refractivity contribution in [3.8, 4) is 0 Å². The van der Waals surface area contributed by atoms with Gasteiger partial charge in [0.2, 0.25) is 5.91 Å². The number of ketones is 1. The molecule has 2 atom stereocenters. The highest BCUT2D eigenvalue weighted by atomic mass is 32.1. The molecule has 2 unspecified atom stereocenters. The first-order chi connectivity index (χ1) is 12.1. The number of hydrogen-bond acceptors (Lipinski definition) is 4. The topological polar surface area (TPSA) is 49.4 Å². The second kappa shape index (κ2) is 8.41. The van der Waals surface area contributed by atoms with Gasteiger partial charge in [-0.05, 0) is 49.7 Å². The van der Waals surface area contributed by atoms with Gasteiger partial charge in [-0.3, -0.25) is 14.5 Å². The molecular formula is C20H24N2O2S. The average Bonchev–Trinajstić information content (AvgIpc) is 3.26. The number of carbonyl (C=O) groups is 2. The van der Waals surface area contributed by atoms with Crippen molar-refractivity contribution >= 4 is 23.0 Å². The number of carbonyl (C=O) groups excluding carboxylic acids is 2. The summed E-state index contributed by atoms with van der Waals surface area (Å²) in [5.41, 5.74) is 1.06. The Bertz CT molecular complexity index is 700. The number of benzene rings is 1. The molecule has 0 radical (unpaired) electrons. The van der Waals surface area contributed by atoms with Crippen molar-refractivity contribution < 1.29 is 9.59 Å². The second-order valence-electron chi connectivity index (χ2n) is 6.56. The third-order valence-corrected chi connectivity index (χ3v) is 5.66. The molecule has 1 aliphatic heterocycles. The number of thiophene rings is 1. The van der Waals surface area contributed by atoms with Crippen LogP contribution in [-0.2, 0) is 16.0 Å². The zero-order chi connectivity index (χ0) is 17.6. The lowest BCUT2D eigenvalue weighted by molar-refractivity contribution is -0.127. The lowest BCUT2D eigenvalue weighted by atomic mass is 10.0. The number of likely N-dealkylation sites (tertiary alicyclic amines) is 1. The van der Waals surface area contributed by atoms with Gasteiger partial charge >= 0.3 is 0 Å². The molecule has 1 aliphatic rings. The Morgan fingerprint density at radius 2 is 2.04 bits per heavy atom. The highest BCUT2D eigenvalue weighted by molar-refractivity contribution is 7.10. The largest absolute Gasteiger partial charge is 0.345 e. The smallest absolute Gasteiger partial charge is 0.234 e. The van der Waals surface area contributed by atoms with E-state index >= 15 is 0 Å². The predicted octanol–water partition coefficient (Wildman–Crippen LogP) is 3.20. The highest BCUT2D eigenvalue weighted by Crippen LogP contribution is 2.33. The number of rotatable bonds is 7. The first kappa shape index (κ1) is 17.8. The molecule has 1 amide bonds. The van der Waals surface area contributed by atoms with E-state index in [1.807, 2.05) is 30.3 Å². The quantitative estimate of drug-likeness (QED) is 0.829. The summed E-state index contributed by atoms with van der Waals surface area (Å²) >= 11 is 1.74. The molecule has 4 nitrogen and oxygen atoms in total. The van der Waals surface area contributed by atoms with Gasteiger partial charge in [-0.2, -0.15) is 0 Å². The molecule has 2 aromatic rings. The van der Waals surface area contributed by atoms with Crippen LogP contribution in [0.4, 0.5) is 0 Å². The highest BCUT2D eigenvalue weighted by Gasteiger charge is 2.29. The molecule has 1 fully saturated rings. The maximum absolute atomic E-state index is 12.5. The molecule has 1 N–H and O–H groups in total. The van der Waals surface area contributed by atoms with Gasteiger partial charge in [0.15, 0.2) is 5.78 Å². The summed E-state index contributed by atoms with van der Waals surface area (Å²) < 4.78 is 0. The number of Topliss-reactive ketones (excluding diaryl/α,β-unsaturated/α-hetero) is 1. The molecule has 5 heteroatoms. The zero-order valence-corrected chi connectivity index (χ0v) is 15.3. The predicted molar refractivity (Wildman–Crippen MR) is 101 cm³/mol. The van der Waals surface area contributed by atoms with E-state index in [1.54, 1.807) is 11.3 Å². The Kier molecular flexibility index (Phi) is 6.00. The zero-order valence-electron chi connectivity index (χ0n) is 14.5. The molecule has 1 saturated heterocycles. The Morgan fingerprint density at radius 1 is 1.24 bits per heavy atom. The number of amides is 1. The molecule has 132 valence electrons. The average molecular weight is 356 g/mol. The van der Waals surface area contributed by atoms with Crippen LogP contribution in [0.15, 0.2) is 47.8 Å². The third kappa shape index (κ3) is 4.77. The van der Waals surface area contributed by atoms with Crippen molar-refractivity contribution in [2.75, 3.05) is 13.1 Å². The summed E-state index contributed by atoms with van der Waals surface area (Å²) in [4.78, 5) is 28.0. The van der Waals surface area contributed by atoms with Crippen LogP contribution < -0.4 is 5.32 Å². The van der Waals surface area contributed by atoms with E-state index < -0.39 is 6.04 Å². The van der Waals surface area contributed by atoms with E-state index in [9.17, 15) is 9.59 Å². The fraction of sp³-hybridized carbons (Fsp3) is 0.400. The van der Waals surface area contributed by atoms with Gasteiger partial charge in [0, 0.05) is 10.9 Å². The fourth-order valence-corrected chi connectivity index (χ4v) is 4.28. The molecule has 1 aromatic heterocycles. The Balaban J connectivity index is 1.59. The summed E-state index contributed by atoms with van der Waals surface area (Å²) in [5, 5.41) is 5.01. The van der Waals surface area contributed by atoms with Gasteiger partial charge in [0.25, 0.3) is 0 Å². The van der Waals surface area contributed by atoms with Gasteiger partial charge < -0.3 is 5.32 Å². The molecule has 3 rings (SSSR count). The third-order valence-electron chi connectivity index (χ3n) is 4.69. The van der Waals surface area contributed by atoms with Crippen molar-refractivity contribution in [3.05, 3.63) is 58.3 Å². The minimum absolute atomic E-state index is 0.00608. The van der Waals surface area contributed by atoms with E-state index in [1.165, 1.54) is 11.8 Å². The number of nitrogens with zero attached hydrogens (tertiary/aromatic N) is 1. The summed E-state index contributed by atoms with van der Waals surface area (Å²) in [6.45, 7) is 2.82. The lowest BCUT2D eigenvalue weighted by Gasteiger charge is -2.24. The molecule has 0 bridgehead atoms. The van der Waals surface area contributed by atoms with Crippen LogP contribution in [0.25, 0.3) is 0 Å². The van der Waals surface area contributed by atoms with Crippen LogP contribution >= 0.6 is 11.3 Å².